The summed E-state index contributed by atoms with van der Waals surface area (Å²) in [5, 5.41) is 3.17. The van der Waals surface area contributed by atoms with Crippen molar-refractivity contribution in [2.24, 2.45) is 0 Å². The Bertz CT molecular complexity index is 545. The molecule has 1 heterocycles. The average Bonchev–Trinajstić information content (AvgIpc) is 2.76. The number of nitrogens with zero attached hydrogens (tertiary/aromatic N) is 1. The molecule has 0 saturated heterocycles. The third-order valence-electron chi connectivity index (χ3n) is 3.58. The normalized spacial score (nSPS) is 17.9. The summed E-state index contributed by atoms with van der Waals surface area (Å²) in [6.45, 7) is 2.16. The first-order chi connectivity index (χ1) is 9.54. The standard InChI is InChI=1S/C14H22N2O3S/c1-2-3-4-5-6-11-14-15-12-9-7-8-10-13(12)16(14)20(17,18)19/h7-10,14-15H,2-6,11H2,1H3,(H,17,18,19). The topological polar surface area (TPSA) is 69.6 Å². The Balaban J connectivity index is 2.03. The number of nitrogens with one attached hydrogen (secondary N) is 1. The molecule has 0 saturated carbocycles. The van der Waals surface area contributed by atoms with E-state index in [-0.39, 0.29) is 6.17 Å². The number of fused-ring (bicyclic) bond motifs is 1. The Kier molecular flexibility index (Phi) is 4.88. The molecular formula is C14H22N2O3S. The van der Waals surface area contributed by atoms with Gasteiger partial charge < -0.3 is 5.32 Å². The molecule has 1 aromatic carbocycles. The Morgan fingerprint density at radius 2 is 1.90 bits per heavy atom. The van der Waals surface area contributed by atoms with Crippen molar-refractivity contribution >= 4 is 21.7 Å². The average molecular weight is 298 g/mol. The van der Waals surface area contributed by atoms with E-state index in [1.165, 1.54) is 19.3 Å². The fourth-order valence-corrected chi connectivity index (χ4v) is 3.50. The lowest BCUT2D eigenvalue weighted by atomic mass is 10.1. The lowest BCUT2D eigenvalue weighted by Gasteiger charge is -2.23. The lowest BCUT2D eigenvalue weighted by Crippen LogP contribution is -2.40. The zero-order valence-electron chi connectivity index (χ0n) is 11.7. The summed E-state index contributed by atoms with van der Waals surface area (Å²) < 4.78 is 33.7. The molecule has 0 fully saturated rings. The van der Waals surface area contributed by atoms with Gasteiger partial charge in [-0.2, -0.15) is 8.42 Å². The van der Waals surface area contributed by atoms with Crippen LogP contribution in [0.4, 0.5) is 11.4 Å². The van der Waals surface area contributed by atoms with E-state index in [2.05, 4.69) is 12.2 Å². The quantitative estimate of drug-likeness (QED) is 0.598. The molecule has 0 bridgehead atoms. The fraction of sp³-hybridized carbons (Fsp3) is 0.571. The van der Waals surface area contributed by atoms with Gasteiger partial charge in [-0.3, -0.25) is 4.55 Å². The van der Waals surface area contributed by atoms with Gasteiger partial charge in [0.1, 0.15) is 6.17 Å². The minimum absolute atomic E-state index is 0.385. The van der Waals surface area contributed by atoms with Gasteiger partial charge in [0, 0.05) is 0 Å². The van der Waals surface area contributed by atoms with Crippen molar-refractivity contribution in [1.29, 1.82) is 0 Å². The molecule has 0 aromatic heterocycles. The highest BCUT2D eigenvalue weighted by atomic mass is 32.2. The van der Waals surface area contributed by atoms with Crippen LogP contribution in [0.3, 0.4) is 0 Å². The molecule has 112 valence electrons. The molecule has 5 nitrogen and oxygen atoms in total. The van der Waals surface area contributed by atoms with Crippen molar-refractivity contribution < 1.29 is 13.0 Å². The Morgan fingerprint density at radius 1 is 1.20 bits per heavy atom. The zero-order valence-corrected chi connectivity index (χ0v) is 12.6. The van der Waals surface area contributed by atoms with Crippen LogP contribution in [0, 0.1) is 0 Å². The molecule has 1 aromatic rings. The van der Waals surface area contributed by atoms with E-state index >= 15 is 0 Å². The number of unbranched alkanes of at least 4 members (excludes halogenated alkanes) is 4. The minimum Gasteiger partial charge on any atom is -0.363 e. The van der Waals surface area contributed by atoms with Gasteiger partial charge in [-0.15, -0.1) is 0 Å². The Morgan fingerprint density at radius 3 is 2.60 bits per heavy atom. The van der Waals surface area contributed by atoms with Crippen LogP contribution in [-0.4, -0.2) is 19.1 Å². The first kappa shape index (κ1) is 15.1. The van der Waals surface area contributed by atoms with Crippen LogP contribution < -0.4 is 9.62 Å². The van der Waals surface area contributed by atoms with Gasteiger partial charge >= 0.3 is 10.3 Å². The summed E-state index contributed by atoms with van der Waals surface area (Å²) in [5.74, 6) is 0. The van der Waals surface area contributed by atoms with Gasteiger partial charge in [0.05, 0.1) is 11.4 Å². The maximum absolute atomic E-state index is 11.6. The molecule has 0 radical (unpaired) electrons. The molecule has 20 heavy (non-hydrogen) atoms. The largest absolute Gasteiger partial charge is 0.363 e. The number of anilines is 2. The molecule has 2 rings (SSSR count). The molecule has 1 atom stereocenters. The third kappa shape index (κ3) is 3.43. The zero-order chi connectivity index (χ0) is 14.6. The van der Waals surface area contributed by atoms with E-state index in [4.69, 9.17) is 0 Å². The summed E-state index contributed by atoms with van der Waals surface area (Å²) in [4.78, 5) is 0. The summed E-state index contributed by atoms with van der Waals surface area (Å²) in [6.07, 6.45) is 5.90. The van der Waals surface area contributed by atoms with E-state index in [1.54, 1.807) is 12.1 Å². The van der Waals surface area contributed by atoms with Crippen LogP contribution in [0.2, 0.25) is 0 Å². The van der Waals surface area contributed by atoms with E-state index < -0.39 is 10.3 Å². The fourth-order valence-electron chi connectivity index (χ4n) is 2.61. The highest BCUT2D eigenvalue weighted by Gasteiger charge is 2.35. The summed E-state index contributed by atoms with van der Waals surface area (Å²) >= 11 is 0. The predicted molar refractivity (Wildman–Crippen MR) is 81.3 cm³/mol. The predicted octanol–water partition coefficient (Wildman–Crippen LogP) is 3.41. The third-order valence-corrected chi connectivity index (χ3v) is 4.52. The van der Waals surface area contributed by atoms with Gasteiger partial charge in [-0.25, -0.2) is 4.31 Å². The summed E-state index contributed by atoms with van der Waals surface area (Å²) in [5.41, 5.74) is 1.28. The number of benzene rings is 1. The van der Waals surface area contributed by atoms with Crippen molar-refractivity contribution in [1.82, 2.24) is 0 Å². The van der Waals surface area contributed by atoms with Crippen LogP contribution >= 0.6 is 0 Å². The molecule has 1 unspecified atom stereocenters. The minimum atomic E-state index is -4.24. The molecule has 0 spiro atoms. The number of hydrogen-bond donors (Lipinski definition) is 2. The molecule has 1 aliphatic rings. The van der Waals surface area contributed by atoms with E-state index in [1.807, 2.05) is 12.1 Å². The molecule has 0 amide bonds. The number of para-hydroxylation sites is 2. The molecule has 0 aliphatic carbocycles. The number of rotatable bonds is 7. The van der Waals surface area contributed by atoms with Crippen molar-refractivity contribution in [3.63, 3.8) is 0 Å². The molecule has 1 aliphatic heterocycles. The second kappa shape index (κ2) is 6.45. The van der Waals surface area contributed by atoms with Gasteiger partial charge in [0.15, 0.2) is 0 Å². The maximum atomic E-state index is 11.6. The SMILES string of the molecule is CCCCCCCC1Nc2ccccc2N1S(=O)(=O)O. The van der Waals surface area contributed by atoms with Crippen LogP contribution in [0.25, 0.3) is 0 Å². The van der Waals surface area contributed by atoms with Gasteiger partial charge in [-0.05, 0) is 25.0 Å². The maximum Gasteiger partial charge on any atom is 0.361 e. The van der Waals surface area contributed by atoms with Crippen LogP contribution in [0.1, 0.15) is 45.4 Å². The lowest BCUT2D eigenvalue weighted by molar-refractivity contribution is 0.468. The van der Waals surface area contributed by atoms with Crippen molar-refractivity contribution in [3.8, 4) is 0 Å². The Hall–Kier alpha value is -1.27. The van der Waals surface area contributed by atoms with Gasteiger partial charge in [0.25, 0.3) is 0 Å². The highest BCUT2D eigenvalue weighted by Crippen LogP contribution is 2.37. The Labute approximate surface area is 120 Å². The van der Waals surface area contributed by atoms with Crippen LogP contribution in [0.15, 0.2) is 24.3 Å². The second-order valence-corrected chi connectivity index (χ2v) is 6.44. The highest BCUT2D eigenvalue weighted by molar-refractivity contribution is 7.87. The molecule has 6 heteroatoms. The van der Waals surface area contributed by atoms with E-state index in [0.29, 0.717) is 12.1 Å². The first-order valence-corrected chi connectivity index (χ1v) is 8.56. The van der Waals surface area contributed by atoms with Crippen LogP contribution in [0.5, 0.6) is 0 Å². The summed E-state index contributed by atoms with van der Waals surface area (Å²) in [7, 11) is -4.24. The first-order valence-electron chi connectivity index (χ1n) is 7.16. The second-order valence-electron chi connectivity index (χ2n) is 5.15. The molecular weight excluding hydrogens is 276 g/mol. The van der Waals surface area contributed by atoms with Crippen LogP contribution in [-0.2, 0) is 10.3 Å². The van der Waals surface area contributed by atoms with Crippen molar-refractivity contribution in [2.75, 3.05) is 9.62 Å². The van der Waals surface area contributed by atoms with E-state index in [9.17, 15) is 13.0 Å². The van der Waals surface area contributed by atoms with Gasteiger partial charge in [0.2, 0.25) is 0 Å². The molecule has 2 N–H and O–H groups in total. The van der Waals surface area contributed by atoms with Crippen molar-refractivity contribution in [3.05, 3.63) is 24.3 Å². The monoisotopic (exact) mass is 298 g/mol. The smallest absolute Gasteiger partial charge is 0.361 e. The number of hydrogen-bond acceptors (Lipinski definition) is 3. The van der Waals surface area contributed by atoms with Crippen molar-refractivity contribution in [2.45, 2.75) is 51.6 Å². The van der Waals surface area contributed by atoms with E-state index in [0.717, 1.165) is 22.8 Å². The van der Waals surface area contributed by atoms with Gasteiger partial charge in [-0.1, -0.05) is 44.7 Å². The summed E-state index contributed by atoms with van der Waals surface area (Å²) in [6, 6.07) is 7.14.